The number of ether oxygens (including phenoxy) is 1. The fourth-order valence-corrected chi connectivity index (χ4v) is 1.18. The maximum absolute atomic E-state index is 5.54. The van der Waals surface area contributed by atoms with E-state index in [4.69, 9.17) is 20.8 Å². The van der Waals surface area contributed by atoms with E-state index in [0.29, 0.717) is 24.2 Å². The summed E-state index contributed by atoms with van der Waals surface area (Å²) in [6, 6.07) is 0.451. The van der Waals surface area contributed by atoms with Gasteiger partial charge in [-0.25, -0.2) is 0 Å². The SMILES string of the molecule is CCOCCCNc1nnc(CCCl)o1. The molecule has 0 aromatic carbocycles. The molecule has 1 aromatic heterocycles. The Hall–Kier alpha value is -0.810. The topological polar surface area (TPSA) is 60.2 Å². The Morgan fingerprint density at radius 1 is 1.47 bits per heavy atom. The summed E-state index contributed by atoms with van der Waals surface area (Å²) in [5.41, 5.74) is 0. The van der Waals surface area contributed by atoms with Crippen molar-refractivity contribution in [1.29, 1.82) is 0 Å². The number of anilines is 1. The highest BCUT2D eigenvalue weighted by molar-refractivity contribution is 6.17. The van der Waals surface area contributed by atoms with E-state index in [0.717, 1.165) is 26.2 Å². The normalized spacial score (nSPS) is 10.5. The standard InChI is InChI=1S/C9H16ClN3O2/c1-2-14-7-3-6-11-9-13-12-8(15-9)4-5-10/h2-7H2,1H3,(H,11,13). The third-order valence-electron chi connectivity index (χ3n) is 1.72. The maximum Gasteiger partial charge on any atom is 0.315 e. The number of rotatable bonds is 8. The van der Waals surface area contributed by atoms with Gasteiger partial charge in [-0.1, -0.05) is 5.10 Å². The zero-order valence-corrected chi connectivity index (χ0v) is 9.59. The fourth-order valence-electron chi connectivity index (χ4n) is 1.02. The zero-order valence-electron chi connectivity index (χ0n) is 8.83. The average Bonchev–Trinajstić information content (AvgIpc) is 2.66. The highest BCUT2D eigenvalue weighted by atomic mass is 35.5. The minimum absolute atomic E-state index is 0.451. The van der Waals surface area contributed by atoms with Crippen LogP contribution in [0, 0.1) is 0 Å². The zero-order chi connectivity index (χ0) is 10.9. The van der Waals surface area contributed by atoms with E-state index < -0.39 is 0 Å². The van der Waals surface area contributed by atoms with Gasteiger partial charge in [-0.05, 0) is 13.3 Å². The van der Waals surface area contributed by atoms with Crippen molar-refractivity contribution in [3.8, 4) is 0 Å². The van der Waals surface area contributed by atoms with E-state index in [2.05, 4.69) is 15.5 Å². The second kappa shape index (κ2) is 7.48. The number of nitrogens with one attached hydrogen (secondary N) is 1. The lowest BCUT2D eigenvalue weighted by Gasteiger charge is -2.01. The Balaban J connectivity index is 2.14. The van der Waals surface area contributed by atoms with Gasteiger partial charge in [0, 0.05) is 32.1 Å². The lowest BCUT2D eigenvalue weighted by Crippen LogP contribution is -2.05. The van der Waals surface area contributed by atoms with Crippen LogP contribution < -0.4 is 5.32 Å². The number of aryl methyl sites for hydroxylation is 1. The van der Waals surface area contributed by atoms with Crippen molar-refractivity contribution in [2.24, 2.45) is 0 Å². The van der Waals surface area contributed by atoms with Crippen molar-refractivity contribution in [3.05, 3.63) is 5.89 Å². The molecule has 5 nitrogen and oxygen atoms in total. The van der Waals surface area contributed by atoms with Gasteiger partial charge in [-0.2, -0.15) is 0 Å². The molecule has 0 saturated carbocycles. The smallest absolute Gasteiger partial charge is 0.315 e. The Kier molecular flexibility index (Phi) is 6.11. The second-order valence-electron chi connectivity index (χ2n) is 2.92. The van der Waals surface area contributed by atoms with E-state index in [1.54, 1.807) is 0 Å². The molecule has 0 amide bonds. The van der Waals surface area contributed by atoms with Crippen LogP contribution in [0.15, 0.2) is 4.42 Å². The fraction of sp³-hybridized carbons (Fsp3) is 0.778. The predicted octanol–water partition coefficient (Wildman–Crippen LogP) is 1.69. The van der Waals surface area contributed by atoms with Crippen LogP contribution in [0.2, 0.25) is 0 Å². The molecule has 0 fully saturated rings. The summed E-state index contributed by atoms with van der Waals surface area (Å²) in [4.78, 5) is 0. The van der Waals surface area contributed by atoms with E-state index in [1.165, 1.54) is 0 Å². The Morgan fingerprint density at radius 2 is 2.33 bits per heavy atom. The first-order valence-corrected chi connectivity index (χ1v) is 5.60. The van der Waals surface area contributed by atoms with Crippen LogP contribution in [0.5, 0.6) is 0 Å². The summed E-state index contributed by atoms with van der Waals surface area (Å²) in [7, 11) is 0. The van der Waals surface area contributed by atoms with Gasteiger partial charge < -0.3 is 14.5 Å². The monoisotopic (exact) mass is 233 g/mol. The molecule has 0 atom stereocenters. The molecule has 0 unspecified atom stereocenters. The molecule has 1 aromatic rings. The highest BCUT2D eigenvalue weighted by Gasteiger charge is 2.03. The molecule has 0 aliphatic heterocycles. The number of hydrogen-bond acceptors (Lipinski definition) is 5. The third-order valence-corrected chi connectivity index (χ3v) is 1.91. The summed E-state index contributed by atoms with van der Waals surface area (Å²) in [6.45, 7) is 4.24. The molecule has 0 radical (unpaired) electrons. The third kappa shape index (κ3) is 4.99. The number of halogens is 1. The van der Waals surface area contributed by atoms with Gasteiger partial charge in [0.1, 0.15) is 0 Å². The van der Waals surface area contributed by atoms with Crippen molar-refractivity contribution in [2.75, 3.05) is 31.0 Å². The van der Waals surface area contributed by atoms with Crippen LogP contribution in [0.3, 0.4) is 0 Å². The van der Waals surface area contributed by atoms with Crippen LogP contribution in [0.25, 0.3) is 0 Å². The van der Waals surface area contributed by atoms with Crippen LogP contribution in [0.4, 0.5) is 6.01 Å². The summed E-state index contributed by atoms with van der Waals surface area (Å²) < 4.78 is 10.5. The maximum atomic E-state index is 5.54. The molecule has 1 N–H and O–H groups in total. The molecular formula is C9H16ClN3O2. The van der Waals surface area contributed by atoms with Crippen molar-refractivity contribution < 1.29 is 9.15 Å². The molecule has 15 heavy (non-hydrogen) atoms. The van der Waals surface area contributed by atoms with Crippen LogP contribution >= 0.6 is 11.6 Å². The van der Waals surface area contributed by atoms with Crippen molar-refractivity contribution >= 4 is 17.6 Å². The summed E-state index contributed by atoms with van der Waals surface area (Å²) in [5.74, 6) is 1.06. The van der Waals surface area contributed by atoms with Gasteiger partial charge in [-0.3, -0.25) is 0 Å². The van der Waals surface area contributed by atoms with Gasteiger partial charge in [0.05, 0.1) is 0 Å². The van der Waals surface area contributed by atoms with Gasteiger partial charge in [0.25, 0.3) is 0 Å². The molecule has 0 bridgehead atoms. The molecule has 0 spiro atoms. The quantitative estimate of drug-likeness (QED) is 0.547. The van der Waals surface area contributed by atoms with Crippen molar-refractivity contribution in [3.63, 3.8) is 0 Å². The van der Waals surface area contributed by atoms with E-state index in [-0.39, 0.29) is 0 Å². The predicted molar refractivity (Wildman–Crippen MR) is 58.3 cm³/mol. The number of hydrogen-bond donors (Lipinski definition) is 1. The molecule has 86 valence electrons. The average molecular weight is 234 g/mol. The summed E-state index contributed by atoms with van der Waals surface area (Å²) in [6.07, 6.45) is 1.52. The number of nitrogens with zero attached hydrogens (tertiary/aromatic N) is 2. The molecular weight excluding hydrogens is 218 g/mol. The van der Waals surface area contributed by atoms with Gasteiger partial charge >= 0.3 is 6.01 Å². The van der Waals surface area contributed by atoms with Gasteiger partial charge in [0.15, 0.2) is 0 Å². The Labute approximate surface area is 94.2 Å². The molecule has 1 heterocycles. The number of alkyl halides is 1. The summed E-state index contributed by atoms with van der Waals surface area (Å²) in [5, 5.41) is 10.7. The Morgan fingerprint density at radius 3 is 3.07 bits per heavy atom. The molecule has 0 aliphatic carbocycles. The minimum atomic E-state index is 0.451. The lowest BCUT2D eigenvalue weighted by molar-refractivity contribution is 0.147. The van der Waals surface area contributed by atoms with Crippen molar-refractivity contribution in [1.82, 2.24) is 10.2 Å². The lowest BCUT2D eigenvalue weighted by atomic mass is 10.4. The first-order chi connectivity index (χ1) is 7.36. The first-order valence-electron chi connectivity index (χ1n) is 5.06. The molecule has 0 saturated heterocycles. The first kappa shape index (κ1) is 12.3. The van der Waals surface area contributed by atoms with E-state index in [9.17, 15) is 0 Å². The molecule has 1 rings (SSSR count). The number of aromatic nitrogens is 2. The minimum Gasteiger partial charge on any atom is -0.408 e. The molecule has 0 aliphatic rings. The van der Waals surface area contributed by atoms with Crippen LogP contribution in [-0.2, 0) is 11.2 Å². The van der Waals surface area contributed by atoms with Crippen LogP contribution in [-0.4, -0.2) is 35.8 Å². The van der Waals surface area contributed by atoms with Gasteiger partial charge in [-0.15, -0.1) is 16.7 Å². The Bertz CT molecular complexity index is 268. The van der Waals surface area contributed by atoms with Crippen molar-refractivity contribution in [2.45, 2.75) is 19.8 Å². The van der Waals surface area contributed by atoms with Gasteiger partial charge in [0.2, 0.25) is 5.89 Å². The highest BCUT2D eigenvalue weighted by Crippen LogP contribution is 2.06. The second-order valence-corrected chi connectivity index (χ2v) is 3.30. The van der Waals surface area contributed by atoms with E-state index >= 15 is 0 Å². The molecule has 6 heteroatoms. The van der Waals surface area contributed by atoms with E-state index in [1.807, 2.05) is 6.92 Å². The van der Waals surface area contributed by atoms with Crippen LogP contribution in [0.1, 0.15) is 19.2 Å². The summed E-state index contributed by atoms with van der Waals surface area (Å²) >= 11 is 5.54. The largest absolute Gasteiger partial charge is 0.408 e.